The summed E-state index contributed by atoms with van der Waals surface area (Å²) in [5.74, 6) is -11.1. The van der Waals surface area contributed by atoms with E-state index in [0.29, 0.717) is 29.7 Å². The molecule has 0 saturated carbocycles. The first-order chi connectivity index (χ1) is 50.0. The van der Waals surface area contributed by atoms with Gasteiger partial charge in [0.05, 0.1) is 55.2 Å². The SMILES string of the molecule is CCCCCCCCCCCCCCCC(=O)N[C@@H](CC(C)C)C(=O)N[C@@H](C)C(=O)C[C@@H](Cc1ccc(O)cc1)C(=O)N[C@@H](Cc1ccccc1)C(=O)C[C@@H](CCCN=C(N)N)C(=O)N[C@@H](CCCN=C(N)N)C(=O)C[C@@H](CC(C)C)C(=O)N[C@@H](Cc1cnc[nH]1)C(=O)C[C@@H](CO)C(=O)N[C@H](C)[C@@H](C)O. The number of unbranched alkanes of at least 4 members (excludes halogenated alkanes) is 12. The topological polar surface area (TPSA) is 461 Å². The molecular formula is C78H126N14O13. The minimum absolute atomic E-state index is 0.000543. The molecule has 0 radical (unpaired) electrons. The zero-order valence-electron chi connectivity index (χ0n) is 63.6. The van der Waals surface area contributed by atoms with Crippen LogP contribution in [0.1, 0.15) is 226 Å². The van der Waals surface area contributed by atoms with Crippen LogP contribution in [-0.4, -0.2) is 158 Å². The fourth-order valence-electron chi connectivity index (χ4n) is 12.5. The summed E-state index contributed by atoms with van der Waals surface area (Å²) in [5.41, 5.74) is 24.4. The first kappa shape index (κ1) is 90.6. The Morgan fingerprint density at radius 2 is 0.952 bits per heavy atom. The summed E-state index contributed by atoms with van der Waals surface area (Å²) in [6, 6.07) is 8.31. The van der Waals surface area contributed by atoms with Crippen LogP contribution in [0.15, 0.2) is 77.1 Å². The van der Waals surface area contributed by atoms with E-state index in [4.69, 9.17) is 22.9 Å². The number of nitrogens with zero attached hydrogens (tertiary/aromatic N) is 3. The molecule has 586 valence electrons. The van der Waals surface area contributed by atoms with Gasteiger partial charge in [-0.25, -0.2) is 4.98 Å². The number of Topliss-reactive ketones (excluding diaryl/α,β-unsaturated/α-hetero) is 4. The van der Waals surface area contributed by atoms with Crippen molar-refractivity contribution in [2.45, 2.75) is 271 Å². The molecule has 0 bridgehead atoms. The number of phenols is 1. The number of imidazole rings is 1. The maximum atomic E-state index is 15.2. The van der Waals surface area contributed by atoms with Crippen molar-refractivity contribution in [1.29, 1.82) is 0 Å². The number of H-pyrrole nitrogens is 1. The number of aromatic amines is 1. The van der Waals surface area contributed by atoms with Gasteiger partial charge in [0.25, 0.3) is 0 Å². The molecule has 0 spiro atoms. The third kappa shape index (κ3) is 38.3. The number of nitrogens with one attached hydrogen (secondary N) is 7. The highest BCUT2D eigenvalue weighted by molar-refractivity contribution is 5.99. The van der Waals surface area contributed by atoms with Crippen LogP contribution in [0.4, 0.5) is 0 Å². The molecule has 6 amide bonds. The Morgan fingerprint density at radius 1 is 0.476 bits per heavy atom. The number of rotatable bonds is 57. The lowest BCUT2D eigenvalue weighted by Gasteiger charge is -2.27. The Morgan fingerprint density at radius 3 is 1.49 bits per heavy atom. The molecule has 105 heavy (non-hydrogen) atoms. The van der Waals surface area contributed by atoms with Gasteiger partial charge in [-0.05, 0) is 114 Å². The molecule has 0 aliphatic rings. The third-order valence-corrected chi connectivity index (χ3v) is 18.8. The van der Waals surface area contributed by atoms with Crippen molar-refractivity contribution in [3.63, 3.8) is 0 Å². The third-order valence-electron chi connectivity index (χ3n) is 18.8. The van der Waals surface area contributed by atoms with Gasteiger partial charge in [-0.2, -0.15) is 0 Å². The number of hydrogen-bond acceptors (Lipinski definition) is 16. The van der Waals surface area contributed by atoms with Gasteiger partial charge in [0.1, 0.15) is 11.8 Å². The molecule has 18 N–H and O–H groups in total. The average Bonchev–Trinajstić information content (AvgIpc) is 1.11. The van der Waals surface area contributed by atoms with Gasteiger partial charge >= 0.3 is 0 Å². The Bertz CT molecular complexity index is 3160. The Balaban J connectivity index is 1.95. The highest BCUT2D eigenvalue weighted by Crippen LogP contribution is 2.25. The van der Waals surface area contributed by atoms with E-state index in [1.54, 1.807) is 49.4 Å². The number of phenolic OH excluding ortho intramolecular Hbond substituents is 1. The molecule has 27 heteroatoms. The summed E-state index contributed by atoms with van der Waals surface area (Å²) >= 11 is 0. The quantitative estimate of drug-likeness (QED) is 0.0164. The molecule has 0 fully saturated rings. The summed E-state index contributed by atoms with van der Waals surface area (Å²) in [4.78, 5) is 159. The zero-order valence-corrected chi connectivity index (χ0v) is 63.6. The van der Waals surface area contributed by atoms with Crippen LogP contribution < -0.4 is 54.8 Å². The minimum Gasteiger partial charge on any atom is -0.508 e. The maximum Gasteiger partial charge on any atom is 0.243 e. The van der Waals surface area contributed by atoms with Crippen LogP contribution in [0.25, 0.3) is 0 Å². The highest BCUT2D eigenvalue weighted by atomic mass is 16.3. The van der Waals surface area contributed by atoms with E-state index in [1.807, 2.05) is 27.7 Å². The molecule has 0 unspecified atom stereocenters. The average molecular weight is 1470 g/mol. The first-order valence-corrected chi connectivity index (χ1v) is 38.1. The number of ketones is 4. The van der Waals surface area contributed by atoms with Crippen LogP contribution in [0.3, 0.4) is 0 Å². The van der Waals surface area contributed by atoms with E-state index in [9.17, 15) is 48.9 Å². The van der Waals surface area contributed by atoms with Gasteiger partial charge < -0.3 is 75.1 Å². The van der Waals surface area contributed by atoms with Crippen LogP contribution in [0.5, 0.6) is 5.75 Å². The normalized spacial score (nSPS) is 14.5. The Hall–Kier alpha value is -8.59. The highest BCUT2D eigenvalue weighted by Gasteiger charge is 2.37. The van der Waals surface area contributed by atoms with Crippen molar-refractivity contribution in [3.8, 4) is 5.75 Å². The van der Waals surface area contributed by atoms with E-state index >= 15 is 14.4 Å². The number of guanidine groups is 2. The molecular weight excluding hydrogens is 1340 g/mol. The summed E-state index contributed by atoms with van der Waals surface area (Å²) in [6.07, 6.45) is 16.1. The number of aliphatic hydroxyl groups excluding tert-OH is 2. The maximum absolute atomic E-state index is 15.2. The second-order valence-corrected chi connectivity index (χ2v) is 29.2. The number of benzene rings is 2. The number of carbonyl (C=O) groups is 10. The lowest BCUT2D eigenvalue weighted by molar-refractivity contribution is -0.136. The molecule has 27 nitrogen and oxygen atoms in total. The number of carbonyl (C=O) groups excluding carboxylic acids is 10. The molecule has 2 aromatic carbocycles. The van der Waals surface area contributed by atoms with E-state index in [1.165, 1.54) is 96.3 Å². The van der Waals surface area contributed by atoms with Gasteiger partial charge in [-0.1, -0.05) is 154 Å². The summed E-state index contributed by atoms with van der Waals surface area (Å²) in [7, 11) is 0. The Kier molecular flexibility index (Phi) is 43.8. The molecule has 11 atom stereocenters. The van der Waals surface area contributed by atoms with Crippen molar-refractivity contribution in [3.05, 3.63) is 83.9 Å². The zero-order chi connectivity index (χ0) is 77.8. The van der Waals surface area contributed by atoms with Gasteiger partial charge in [0, 0.05) is 81.3 Å². The fraction of sp³-hybridized carbons (Fsp3) is 0.654. The number of aliphatic hydroxyl groups is 2. The van der Waals surface area contributed by atoms with Gasteiger partial charge in [-0.15, -0.1) is 0 Å². The van der Waals surface area contributed by atoms with Crippen molar-refractivity contribution in [2.75, 3.05) is 19.7 Å². The van der Waals surface area contributed by atoms with E-state index in [-0.39, 0.29) is 106 Å². The molecule has 0 aliphatic heterocycles. The second kappa shape index (κ2) is 50.8. The number of aromatic nitrogens is 2. The first-order valence-electron chi connectivity index (χ1n) is 38.1. The van der Waals surface area contributed by atoms with Gasteiger partial charge in [0.2, 0.25) is 35.4 Å². The fourth-order valence-corrected chi connectivity index (χ4v) is 12.5. The number of amides is 6. The molecule has 3 rings (SSSR count). The van der Waals surface area contributed by atoms with Gasteiger partial charge in [0.15, 0.2) is 35.1 Å². The molecule has 1 aromatic heterocycles. The van der Waals surface area contributed by atoms with Gasteiger partial charge in [-0.3, -0.25) is 57.9 Å². The Labute approximate surface area is 621 Å². The monoisotopic (exact) mass is 1470 g/mol. The summed E-state index contributed by atoms with van der Waals surface area (Å²) in [6.45, 7) is 13.7. The predicted octanol–water partition coefficient (Wildman–Crippen LogP) is 6.45. The molecule has 0 aliphatic carbocycles. The number of nitrogens with two attached hydrogens (primary N) is 4. The van der Waals surface area contributed by atoms with Crippen LogP contribution in [-0.2, 0) is 67.2 Å². The standard InChI is InChI=1S/C78H126N14O13/c1-9-10-11-12-13-14-15-16-17-18-19-20-24-31-71(100)89-66(39-51(4)5)76(105)88-53(7)67(96)43-59(40-56-32-34-62(95)35-33-56)74(103)91-64(41-55-27-22-21-23-28-55)69(98)42-57(29-25-36-84-77(79)80)72(101)90-63(30-26-37-85-78(81)82)68(97)44-58(38-50(2)3)73(102)92-65(46-61-47-83-49-86-61)70(99)45-60(48-93)75(104)87-52(6)54(8)94/h21-23,27-28,32-35,47,49-54,57-60,63-66,93-95H,9-20,24-26,29-31,36-46,48H2,1-8H3,(H,83,86)(H,87,104)(H,88,105)(H,89,100)(H,90,101)(H,91,103)(H,92,102)(H4,79,80,84)(H4,81,82,85)/t52-,53+,54-,57-,58-,59-,60+,63+,64+,65+,66+/m1/s1. The molecule has 1 heterocycles. The van der Waals surface area contributed by atoms with Crippen molar-refractivity contribution in [1.82, 2.24) is 41.9 Å². The van der Waals surface area contributed by atoms with Crippen molar-refractivity contribution in [2.24, 2.45) is 68.4 Å². The molecule has 3 aromatic rings. The van der Waals surface area contributed by atoms with E-state index in [0.717, 1.165) is 19.3 Å². The number of hydrogen-bond donors (Lipinski definition) is 14. The lowest BCUT2D eigenvalue weighted by Crippen LogP contribution is -2.52. The largest absolute Gasteiger partial charge is 0.508 e. The summed E-state index contributed by atoms with van der Waals surface area (Å²) < 4.78 is 0. The van der Waals surface area contributed by atoms with Crippen molar-refractivity contribution < 1.29 is 63.3 Å². The van der Waals surface area contributed by atoms with E-state index in [2.05, 4.69) is 58.8 Å². The van der Waals surface area contributed by atoms with Crippen molar-refractivity contribution >= 4 is 70.5 Å². The smallest absolute Gasteiger partial charge is 0.243 e. The van der Waals surface area contributed by atoms with Crippen LogP contribution in [0, 0.1) is 35.5 Å². The minimum atomic E-state index is -1.30. The lowest BCUT2D eigenvalue weighted by atomic mass is 9.87. The van der Waals surface area contributed by atoms with Crippen LogP contribution >= 0.6 is 0 Å². The second-order valence-electron chi connectivity index (χ2n) is 29.2. The van der Waals surface area contributed by atoms with E-state index < -0.39 is 151 Å². The predicted molar refractivity (Wildman–Crippen MR) is 407 cm³/mol. The summed E-state index contributed by atoms with van der Waals surface area (Å²) in [5, 5.41) is 47.4. The number of aliphatic imine (C=N–C) groups is 2. The number of aromatic hydroxyl groups is 1. The molecule has 0 saturated heterocycles. The van der Waals surface area contributed by atoms with Crippen LogP contribution in [0.2, 0.25) is 0 Å².